The number of nitrogens with zero attached hydrogens (tertiary/aromatic N) is 1. The van der Waals surface area contributed by atoms with Crippen LogP contribution in [0.2, 0.25) is 0 Å². The van der Waals surface area contributed by atoms with Gasteiger partial charge in [-0.1, -0.05) is 46.4 Å². The monoisotopic (exact) mass is 448 g/mol. The third-order valence-corrected chi connectivity index (χ3v) is 6.36. The third-order valence-electron chi connectivity index (χ3n) is 6.36. The molecule has 2 aromatic rings. The fourth-order valence-electron chi connectivity index (χ4n) is 4.35. The number of hydrogen-bond acceptors (Lipinski definition) is 4. The van der Waals surface area contributed by atoms with E-state index in [9.17, 15) is 14.4 Å². The van der Waals surface area contributed by atoms with E-state index < -0.39 is 24.2 Å². The fourth-order valence-corrected chi connectivity index (χ4v) is 4.35. The molecule has 174 valence electrons. The van der Waals surface area contributed by atoms with Crippen LogP contribution in [0.5, 0.6) is 0 Å². The quantitative estimate of drug-likeness (QED) is 0.370. The van der Waals surface area contributed by atoms with Crippen molar-refractivity contribution in [3.63, 3.8) is 0 Å². The van der Waals surface area contributed by atoms with Gasteiger partial charge in [0.1, 0.15) is 13.0 Å². The molecule has 1 aliphatic rings. The van der Waals surface area contributed by atoms with Crippen LogP contribution < -0.4 is 10.6 Å². The van der Waals surface area contributed by atoms with Crippen LogP contribution in [-0.2, 0) is 25.2 Å². The molecular weight excluding hydrogens is 416 g/mol. The summed E-state index contributed by atoms with van der Waals surface area (Å²) in [5.41, 5.74) is 9.34. The minimum absolute atomic E-state index is 0.0406. The molecule has 0 saturated carbocycles. The summed E-state index contributed by atoms with van der Waals surface area (Å²) in [6.07, 6.45) is 3.19. The number of primary amides is 1. The number of fused-ring (bicyclic) bond motifs is 1. The van der Waals surface area contributed by atoms with E-state index in [1.54, 1.807) is 24.3 Å². The predicted molar refractivity (Wildman–Crippen MR) is 130 cm³/mol. The van der Waals surface area contributed by atoms with Crippen LogP contribution in [0.1, 0.15) is 68.4 Å². The van der Waals surface area contributed by atoms with Gasteiger partial charge in [0.2, 0.25) is 11.8 Å². The third kappa shape index (κ3) is 5.16. The van der Waals surface area contributed by atoms with Crippen LogP contribution in [-0.4, -0.2) is 24.4 Å². The minimum Gasteiger partial charge on any atom is -0.458 e. The Balaban J connectivity index is 2.06. The number of carbonyl (C=O) groups excluding carboxylic acids is 3. The normalized spacial score (nSPS) is 15.8. The molecule has 0 heterocycles. The average molecular weight is 449 g/mol. The highest BCUT2D eigenvalue weighted by atomic mass is 16.5. The zero-order valence-corrected chi connectivity index (χ0v) is 19.8. The summed E-state index contributed by atoms with van der Waals surface area (Å²) < 4.78 is 5.07. The van der Waals surface area contributed by atoms with Crippen LogP contribution in [0.25, 0.3) is 0 Å². The van der Waals surface area contributed by atoms with Crippen LogP contribution in [0, 0.1) is 0 Å². The molecule has 0 fully saturated rings. The second-order valence-electron chi connectivity index (χ2n) is 9.80. The molecule has 0 radical (unpaired) electrons. The molecule has 6 heteroatoms. The summed E-state index contributed by atoms with van der Waals surface area (Å²) in [5.74, 6) is -1.61. The zero-order valence-electron chi connectivity index (χ0n) is 19.8. The number of rotatable bonds is 7. The molecule has 3 rings (SSSR count). The van der Waals surface area contributed by atoms with E-state index in [0.29, 0.717) is 16.9 Å². The van der Waals surface area contributed by atoms with E-state index >= 15 is 0 Å². The van der Waals surface area contributed by atoms with Crippen molar-refractivity contribution in [1.82, 2.24) is 0 Å². The van der Waals surface area contributed by atoms with E-state index in [1.165, 1.54) is 22.1 Å². The number of anilines is 2. The number of hydrogen-bond donors (Lipinski definition) is 1. The van der Waals surface area contributed by atoms with Gasteiger partial charge in [0.25, 0.3) is 0 Å². The van der Waals surface area contributed by atoms with E-state index in [-0.39, 0.29) is 17.4 Å². The number of carbonyl (C=O) groups is 3. The Bertz CT molecular complexity index is 1080. The molecular formula is C27H32N2O4. The Kier molecular flexibility index (Phi) is 6.77. The van der Waals surface area contributed by atoms with Crippen molar-refractivity contribution < 1.29 is 19.1 Å². The second kappa shape index (κ2) is 9.22. The van der Waals surface area contributed by atoms with Crippen molar-refractivity contribution in [3.05, 3.63) is 71.8 Å². The first-order valence-corrected chi connectivity index (χ1v) is 11.1. The lowest BCUT2D eigenvalue weighted by Crippen LogP contribution is -2.35. The van der Waals surface area contributed by atoms with Gasteiger partial charge >= 0.3 is 5.97 Å². The first-order chi connectivity index (χ1) is 15.5. The van der Waals surface area contributed by atoms with Crippen molar-refractivity contribution in [2.75, 3.05) is 11.5 Å². The van der Waals surface area contributed by atoms with Crippen molar-refractivity contribution in [2.24, 2.45) is 5.73 Å². The van der Waals surface area contributed by atoms with Crippen LogP contribution in [0.15, 0.2) is 55.1 Å². The Morgan fingerprint density at radius 3 is 2.12 bits per heavy atom. The predicted octanol–water partition coefficient (Wildman–Crippen LogP) is 4.92. The summed E-state index contributed by atoms with van der Waals surface area (Å²) >= 11 is 0. The Hall–Kier alpha value is -3.41. The van der Waals surface area contributed by atoms with Crippen molar-refractivity contribution in [2.45, 2.75) is 57.8 Å². The van der Waals surface area contributed by atoms with E-state index in [1.807, 2.05) is 12.1 Å². The smallest absolute Gasteiger partial charge is 0.338 e. The highest BCUT2D eigenvalue weighted by molar-refractivity contribution is 6.09. The van der Waals surface area contributed by atoms with Crippen LogP contribution in [0.3, 0.4) is 0 Å². The van der Waals surface area contributed by atoms with Crippen LogP contribution >= 0.6 is 0 Å². The first kappa shape index (κ1) is 24.2. The van der Waals surface area contributed by atoms with Gasteiger partial charge < -0.3 is 10.5 Å². The van der Waals surface area contributed by atoms with Gasteiger partial charge in [-0.05, 0) is 71.2 Å². The Morgan fingerprint density at radius 2 is 1.55 bits per heavy atom. The average Bonchev–Trinajstić information content (AvgIpc) is 2.75. The molecule has 1 aliphatic carbocycles. The van der Waals surface area contributed by atoms with E-state index in [2.05, 4.69) is 40.3 Å². The Labute approximate surface area is 195 Å². The van der Waals surface area contributed by atoms with Gasteiger partial charge in [-0.3, -0.25) is 14.5 Å². The van der Waals surface area contributed by atoms with Crippen molar-refractivity contribution in [3.8, 4) is 0 Å². The van der Waals surface area contributed by atoms with Crippen molar-refractivity contribution >= 4 is 29.2 Å². The SMILES string of the molecule is C=CCOC(=O)c1ccc(N(C(=O)CC(N)=O)c2ccc3c(c2)C(C)(C)CCC3(C)C)cc1. The topological polar surface area (TPSA) is 89.7 Å². The lowest BCUT2D eigenvalue weighted by molar-refractivity contribution is -0.125. The standard InChI is InChI=1S/C27H32N2O4/c1-6-15-33-25(32)18-7-9-19(10-8-18)29(24(31)17-23(28)30)20-11-12-21-22(16-20)27(4,5)14-13-26(21,2)3/h6-12,16H,1,13-15,17H2,2-5H3,(H2,28,30). The molecule has 0 saturated heterocycles. The van der Waals surface area contributed by atoms with Gasteiger partial charge in [0.05, 0.1) is 5.56 Å². The van der Waals surface area contributed by atoms with Crippen LogP contribution in [0.4, 0.5) is 11.4 Å². The molecule has 33 heavy (non-hydrogen) atoms. The summed E-state index contributed by atoms with van der Waals surface area (Å²) in [6, 6.07) is 12.6. The molecule has 0 bridgehead atoms. The number of benzene rings is 2. The fraction of sp³-hybridized carbons (Fsp3) is 0.370. The Morgan fingerprint density at radius 1 is 0.970 bits per heavy atom. The second-order valence-corrected chi connectivity index (χ2v) is 9.80. The number of amides is 2. The number of nitrogens with two attached hydrogens (primary N) is 1. The van der Waals surface area contributed by atoms with Gasteiger partial charge in [-0.15, -0.1) is 0 Å². The maximum atomic E-state index is 13.1. The molecule has 2 N–H and O–H groups in total. The minimum atomic E-state index is -0.700. The van der Waals surface area contributed by atoms with Crippen molar-refractivity contribution in [1.29, 1.82) is 0 Å². The molecule has 0 unspecified atom stereocenters. The summed E-state index contributed by atoms with van der Waals surface area (Å²) in [6.45, 7) is 12.5. The highest BCUT2D eigenvalue weighted by Gasteiger charge is 2.37. The molecule has 0 aromatic heterocycles. The number of ether oxygens (including phenoxy) is 1. The molecule has 0 atom stereocenters. The van der Waals surface area contributed by atoms with Gasteiger partial charge in [-0.2, -0.15) is 0 Å². The number of esters is 1. The molecule has 6 nitrogen and oxygen atoms in total. The largest absolute Gasteiger partial charge is 0.458 e. The van der Waals surface area contributed by atoms with E-state index in [4.69, 9.17) is 10.5 Å². The lowest BCUT2D eigenvalue weighted by atomic mass is 9.63. The first-order valence-electron chi connectivity index (χ1n) is 11.1. The highest BCUT2D eigenvalue weighted by Crippen LogP contribution is 2.47. The molecule has 0 spiro atoms. The summed E-state index contributed by atoms with van der Waals surface area (Å²) in [4.78, 5) is 38.2. The molecule has 2 amide bonds. The van der Waals surface area contributed by atoms with Gasteiger partial charge in [0, 0.05) is 11.4 Å². The van der Waals surface area contributed by atoms with E-state index in [0.717, 1.165) is 12.8 Å². The maximum absolute atomic E-state index is 13.1. The molecule has 2 aromatic carbocycles. The maximum Gasteiger partial charge on any atom is 0.338 e. The summed E-state index contributed by atoms with van der Waals surface area (Å²) in [7, 11) is 0. The van der Waals surface area contributed by atoms with Gasteiger partial charge in [-0.25, -0.2) is 4.79 Å². The summed E-state index contributed by atoms with van der Waals surface area (Å²) in [5, 5.41) is 0. The van der Waals surface area contributed by atoms with Gasteiger partial charge in [0.15, 0.2) is 0 Å². The zero-order chi connectivity index (χ0) is 24.4. The molecule has 0 aliphatic heterocycles. The lowest BCUT2D eigenvalue weighted by Gasteiger charge is -2.42.